The zero-order chi connectivity index (χ0) is 10.8. The lowest BCUT2D eigenvalue weighted by Crippen LogP contribution is -2.04. The molecule has 14 heavy (non-hydrogen) atoms. The maximum atomic E-state index is 12.2. The largest absolute Gasteiger partial charge is 0.416 e. The molecule has 0 bridgehead atoms. The second kappa shape index (κ2) is 4.03. The van der Waals surface area contributed by atoms with Crippen LogP contribution in [0.25, 0.3) is 0 Å². The Kier molecular flexibility index (Phi) is 3.19. The van der Waals surface area contributed by atoms with E-state index < -0.39 is 11.7 Å². The first-order valence-corrected chi connectivity index (χ1v) is 4.62. The highest BCUT2D eigenvalue weighted by atomic mass is 19.4. The van der Waals surface area contributed by atoms with Crippen molar-refractivity contribution >= 4 is 0 Å². The van der Waals surface area contributed by atoms with E-state index in [2.05, 4.69) is 0 Å². The van der Waals surface area contributed by atoms with Gasteiger partial charge in [0.05, 0.1) is 5.56 Å². The average Bonchev–Trinajstić information content (AvgIpc) is 2.15. The Morgan fingerprint density at radius 1 is 1.14 bits per heavy atom. The molecule has 0 spiro atoms. The third-order valence-electron chi connectivity index (χ3n) is 2.42. The highest BCUT2D eigenvalue weighted by molar-refractivity contribution is 5.26. The monoisotopic (exact) mass is 202 g/mol. The van der Waals surface area contributed by atoms with E-state index in [0.29, 0.717) is 5.92 Å². The summed E-state index contributed by atoms with van der Waals surface area (Å²) in [4.78, 5) is 0. The molecule has 0 radical (unpaired) electrons. The molecule has 0 fully saturated rings. The van der Waals surface area contributed by atoms with Crippen molar-refractivity contribution < 1.29 is 13.2 Å². The van der Waals surface area contributed by atoms with E-state index >= 15 is 0 Å². The fourth-order valence-electron chi connectivity index (χ4n) is 1.24. The van der Waals surface area contributed by atoms with Crippen molar-refractivity contribution in [3.8, 4) is 0 Å². The summed E-state index contributed by atoms with van der Waals surface area (Å²) >= 11 is 0. The number of rotatable bonds is 2. The Labute approximate surface area is 81.8 Å². The van der Waals surface area contributed by atoms with Gasteiger partial charge in [-0.3, -0.25) is 0 Å². The lowest BCUT2D eigenvalue weighted by Gasteiger charge is -2.11. The van der Waals surface area contributed by atoms with Crippen LogP contribution in [0.4, 0.5) is 13.2 Å². The van der Waals surface area contributed by atoms with E-state index in [0.717, 1.165) is 24.1 Å². The fourth-order valence-corrected chi connectivity index (χ4v) is 1.24. The fraction of sp³-hybridized carbons (Fsp3) is 0.455. The van der Waals surface area contributed by atoms with Crippen molar-refractivity contribution in [2.24, 2.45) is 0 Å². The predicted molar refractivity (Wildman–Crippen MR) is 50.2 cm³/mol. The minimum atomic E-state index is -4.23. The molecule has 78 valence electrons. The lowest BCUT2D eigenvalue weighted by atomic mass is 9.98. The molecule has 0 aliphatic carbocycles. The van der Waals surface area contributed by atoms with Crippen LogP contribution >= 0.6 is 0 Å². The maximum Gasteiger partial charge on any atom is 0.416 e. The molecule has 0 N–H and O–H groups in total. The van der Waals surface area contributed by atoms with Crippen LogP contribution in [0.2, 0.25) is 0 Å². The zero-order valence-electron chi connectivity index (χ0n) is 8.23. The first kappa shape index (κ1) is 11.1. The van der Waals surface area contributed by atoms with Crippen LogP contribution in [0.1, 0.15) is 37.3 Å². The molecule has 1 aromatic carbocycles. The smallest absolute Gasteiger partial charge is 0.166 e. The van der Waals surface area contributed by atoms with Crippen molar-refractivity contribution in [3.63, 3.8) is 0 Å². The lowest BCUT2D eigenvalue weighted by molar-refractivity contribution is -0.137. The van der Waals surface area contributed by atoms with Gasteiger partial charge in [-0.2, -0.15) is 13.2 Å². The first-order valence-electron chi connectivity index (χ1n) is 4.62. The maximum absolute atomic E-state index is 12.2. The highest BCUT2D eigenvalue weighted by Crippen LogP contribution is 2.30. The summed E-state index contributed by atoms with van der Waals surface area (Å²) < 4.78 is 36.6. The van der Waals surface area contributed by atoms with Crippen LogP contribution in [0.3, 0.4) is 0 Å². The van der Waals surface area contributed by atoms with Gasteiger partial charge in [0.1, 0.15) is 0 Å². The average molecular weight is 202 g/mol. The second-order valence-corrected chi connectivity index (χ2v) is 3.43. The van der Waals surface area contributed by atoms with E-state index in [1.165, 1.54) is 0 Å². The molecule has 0 amide bonds. The van der Waals surface area contributed by atoms with Gasteiger partial charge in [0.25, 0.3) is 0 Å². The summed E-state index contributed by atoms with van der Waals surface area (Å²) in [6.07, 6.45) is -3.29. The molecule has 0 saturated heterocycles. The molecule has 1 rings (SSSR count). The molecular formula is C11H13F3. The molecule has 3 heteroatoms. The first-order chi connectivity index (χ1) is 6.45. The van der Waals surface area contributed by atoms with Crippen molar-refractivity contribution in [1.82, 2.24) is 0 Å². The minimum absolute atomic E-state index is 0.317. The Morgan fingerprint density at radius 2 is 1.64 bits per heavy atom. The summed E-state index contributed by atoms with van der Waals surface area (Å²) in [5.74, 6) is 0.317. The molecule has 0 nitrogen and oxygen atoms in total. The van der Waals surface area contributed by atoms with Crippen LogP contribution in [-0.2, 0) is 6.18 Å². The van der Waals surface area contributed by atoms with E-state index in [1.807, 2.05) is 13.8 Å². The van der Waals surface area contributed by atoms with Crippen LogP contribution in [0.15, 0.2) is 24.3 Å². The third-order valence-corrected chi connectivity index (χ3v) is 2.42. The second-order valence-electron chi connectivity index (χ2n) is 3.43. The van der Waals surface area contributed by atoms with Gasteiger partial charge in [0, 0.05) is 0 Å². The Hall–Kier alpha value is -0.990. The Morgan fingerprint density at radius 3 is 2.00 bits per heavy atom. The quantitative estimate of drug-likeness (QED) is 0.673. The van der Waals surface area contributed by atoms with E-state index in [9.17, 15) is 13.2 Å². The molecule has 1 aromatic rings. The van der Waals surface area contributed by atoms with Crippen molar-refractivity contribution in [2.45, 2.75) is 32.4 Å². The number of benzene rings is 1. The summed E-state index contributed by atoms with van der Waals surface area (Å²) in [5.41, 5.74) is 0.380. The van der Waals surface area contributed by atoms with Crippen LogP contribution < -0.4 is 0 Å². The summed E-state index contributed by atoms with van der Waals surface area (Å²) in [6, 6.07) is 5.39. The van der Waals surface area contributed by atoms with Crippen LogP contribution in [0.5, 0.6) is 0 Å². The molecular weight excluding hydrogens is 189 g/mol. The van der Waals surface area contributed by atoms with Crippen LogP contribution in [0, 0.1) is 0 Å². The van der Waals surface area contributed by atoms with E-state index in [-0.39, 0.29) is 0 Å². The van der Waals surface area contributed by atoms with Gasteiger partial charge >= 0.3 is 6.18 Å². The van der Waals surface area contributed by atoms with Crippen LogP contribution in [-0.4, -0.2) is 0 Å². The SMILES string of the molecule is CC[C@@H](C)c1ccc(C(F)(F)F)cc1. The molecule has 0 aliphatic heterocycles. The molecule has 0 aromatic heterocycles. The Bertz CT molecular complexity index is 284. The Balaban J connectivity index is 2.89. The van der Waals surface area contributed by atoms with E-state index in [1.54, 1.807) is 12.1 Å². The molecule has 0 aliphatic rings. The summed E-state index contributed by atoms with van der Waals surface area (Å²) in [5, 5.41) is 0. The van der Waals surface area contributed by atoms with Gasteiger partial charge in [-0.1, -0.05) is 26.0 Å². The van der Waals surface area contributed by atoms with Gasteiger partial charge in [0.15, 0.2) is 0 Å². The summed E-state index contributed by atoms with van der Waals surface area (Å²) in [6.45, 7) is 4.02. The van der Waals surface area contributed by atoms with Crippen molar-refractivity contribution in [2.75, 3.05) is 0 Å². The number of halogens is 3. The van der Waals surface area contributed by atoms with E-state index in [4.69, 9.17) is 0 Å². The predicted octanol–water partition coefficient (Wildman–Crippen LogP) is 4.22. The number of hydrogen-bond donors (Lipinski definition) is 0. The molecule has 0 saturated carbocycles. The highest BCUT2D eigenvalue weighted by Gasteiger charge is 2.29. The molecule has 0 heterocycles. The third kappa shape index (κ3) is 2.50. The zero-order valence-corrected chi connectivity index (χ0v) is 8.23. The normalized spacial score (nSPS) is 14.1. The number of hydrogen-bond acceptors (Lipinski definition) is 0. The van der Waals surface area contributed by atoms with Gasteiger partial charge in [0.2, 0.25) is 0 Å². The number of alkyl halides is 3. The van der Waals surface area contributed by atoms with Crippen molar-refractivity contribution in [1.29, 1.82) is 0 Å². The van der Waals surface area contributed by atoms with Gasteiger partial charge in [-0.15, -0.1) is 0 Å². The topological polar surface area (TPSA) is 0 Å². The summed E-state index contributed by atoms with van der Waals surface area (Å²) in [7, 11) is 0. The molecule has 1 atom stereocenters. The molecule has 0 unspecified atom stereocenters. The standard InChI is InChI=1S/C11H13F3/c1-3-8(2)9-4-6-10(7-5-9)11(12,13)14/h4-8H,3H2,1-2H3/t8-/m1/s1. The van der Waals surface area contributed by atoms with Gasteiger partial charge in [-0.05, 0) is 30.0 Å². The van der Waals surface area contributed by atoms with Gasteiger partial charge < -0.3 is 0 Å². The minimum Gasteiger partial charge on any atom is -0.166 e. The van der Waals surface area contributed by atoms with Crippen molar-refractivity contribution in [3.05, 3.63) is 35.4 Å². The van der Waals surface area contributed by atoms with Gasteiger partial charge in [-0.25, -0.2) is 0 Å².